The van der Waals surface area contributed by atoms with Crippen LogP contribution in [-0.2, 0) is 16.1 Å². The zero-order valence-electron chi connectivity index (χ0n) is 17.8. The Hall–Kier alpha value is -3.93. The van der Waals surface area contributed by atoms with Gasteiger partial charge in [-0.05, 0) is 66.9 Å². The molecule has 4 rings (SSSR count). The molecule has 0 aromatic heterocycles. The van der Waals surface area contributed by atoms with Crippen molar-refractivity contribution in [1.29, 1.82) is 0 Å². The van der Waals surface area contributed by atoms with Gasteiger partial charge in [0.25, 0.3) is 0 Å². The van der Waals surface area contributed by atoms with Gasteiger partial charge >= 0.3 is 5.97 Å². The first-order valence-electron chi connectivity index (χ1n) is 10.3. The molecule has 0 fully saturated rings. The highest BCUT2D eigenvalue weighted by atomic mass is 19.1. The number of rotatable bonds is 7. The van der Waals surface area contributed by atoms with Crippen LogP contribution in [0.15, 0.2) is 77.4 Å². The summed E-state index contributed by atoms with van der Waals surface area (Å²) >= 11 is 0. The molecule has 0 saturated carbocycles. The van der Waals surface area contributed by atoms with E-state index < -0.39 is 5.97 Å². The summed E-state index contributed by atoms with van der Waals surface area (Å²) in [7, 11) is 0. The van der Waals surface area contributed by atoms with Crippen molar-refractivity contribution >= 4 is 17.9 Å². The average molecular weight is 431 g/mol. The third-order valence-corrected chi connectivity index (χ3v) is 4.85. The molecule has 0 amide bonds. The second-order valence-corrected chi connectivity index (χ2v) is 7.21. The van der Waals surface area contributed by atoms with Crippen LogP contribution < -0.4 is 9.47 Å². The number of carbonyl (C=O) groups excluding carboxylic acids is 1. The summed E-state index contributed by atoms with van der Waals surface area (Å²) in [5.74, 6) is 0.517. The first kappa shape index (κ1) is 21.3. The molecule has 32 heavy (non-hydrogen) atoms. The van der Waals surface area contributed by atoms with Crippen molar-refractivity contribution in [3.8, 4) is 11.5 Å². The third-order valence-electron chi connectivity index (χ3n) is 4.85. The van der Waals surface area contributed by atoms with Crippen LogP contribution in [0.5, 0.6) is 11.5 Å². The normalized spacial score (nSPS) is 14.3. The Balaban J connectivity index is 1.57. The molecule has 5 nitrogen and oxygen atoms in total. The van der Waals surface area contributed by atoms with E-state index in [1.165, 1.54) is 12.1 Å². The predicted molar refractivity (Wildman–Crippen MR) is 120 cm³/mol. The van der Waals surface area contributed by atoms with E-state index in [0.717, 1.165) is 11.1 Å². The van der Waals surface area contributed by atoms with E-state index in [0.29, 0.717) is 35.1 Å². The van der Waals surface area contributed by atoms with Crippen molar-refractivity contribution in [2.75, 3.05) is 6.61 Å². The van der Waals surface area contributed by atoms with E-state index in [2.05, 4.69) is 4.99 Å². The maximum absolute atomic E-state index is 13.4. The summed E-state index contributed by atoms with van der Waals surface area (Å²) in [5, 5.41) is 0. The van der Waals surface area contributed by atoms with Crippen LogP contribution in [0.3, 0.4) is 0 Å². The Morgan fingerprint density at radius 1 is 1.00 bits per heavy atom. The van der Waals surface area contributed by atoms with Crippen molar-refractivity contribution < 1.29 is 23.4 Å². The van der Waals surface area contributed by atoms with Gasteiger partial charge in [-0.3, -0.25) is 0 Å². The molecule has 162 valence electrons. The summed E-state index contributed by atoms with van der Waals surface area (Å²) < 4.78 is 30.3. The fraction of sp³-hybridized carbons (Fsp3) is 0.154. The number of ether oxygens (including phenoxy) is 3. The van der Waals surface area contributed by atoms with E-state index in [1.807, 2.05) is 38.1 Å². The molecule has 0 N–H and O–H groups in total. The number of nitrogens with zero attached hydrogens (tertiary/aromatic N) is 1. The first-order chi connectivity index (χ1) is 15.5. The van der Waals surface area contributed by atoms with Crippen LogP contribution in [-0.4, -0.2) is 18.5 Å². The van der Waals surface area contributed by atoms with E-state index in [4.69, 9.17) is 14.2 Å². The average Bonchev–Trinajstić information content (AvgIpc) is 3.13. The highest BCUT2D eigenvalue weighted by Gasteiger charge is 2.25. The number of hydrogen-bond donors (Lipinski definition) is 0. The zero-order valence-corrected chi connectivity index (χ0v) is 17.8. The summed E-state index contributed by atoms with van der Waals surface area (Å²) in [6, 6.07) is 19.1. The van der Waals surface area contributed by atoms with Crippen molar-refractivity contribution in [2.24, 2.45) is 4.99 Å². The smallest absolute Gasteiger partial charge is 0.363 e. The topological polar surface area (TPSA) is 57.1 Å². The minimum Gasteiger partial charge on any atom is -0.490 e. The number of aliphatic imine (C=N–C) groups is 1. The van der Waals surface area contributed by atoms with Crippen LogP contribution in [0.2, 0.25) is 0 Å². The zero-order chi connectivity index (χ0) is 22.5. The molecule has 0 saturated heterocycles. The van der Waals surface area contributed by atoms with Gasteiger partial charge in [0.2, 0.25) is 5.90 Å². The van der Waals surface area contributed by atoms with Crippen LogP contribution in [0, 0.1) is 12.7 Å². The van der Waals surface area contributed by atoms with Gasteiger partial charge in [-0.25, -0.2) is 14.2 Å². The fourth-order valence-corrected chi connectivity index (χ4v) is 3.28. The quantitative estimate of drug-likeness (QED) is 0.368. The number of esters is 1. The molecule has 1 aliphatic rings. The number of hydrogen-bond acceptors (Lipinski definition) is 5. The predicted octanol–water partition coefficient (Wildman–Crippen LogP) is 5.46. The van der Waals surface area contributed by atoms with Crippen molar-refractivity contribution in [3.05, 3.63) is 100 Å². The number of halogens is 1. The number of benzene rings is 3. The van der Waals surface area contributed by atoms with E-state index in [-0.39, 0.29) is 18.1 Å². The van der Waals surface area contributed by atoms with Gasteiger partial charge in [0.15, 0.2) is 17.2 Å². The Morgan fingerprint density at radius 3 is 2.62 bits per heavy atom. The van der Waals surface area contributed by atoms with E-state index in [9.17, 15) is 9.18 Å². The molecule has 6 heteroatoms. The number of carbonyl (C=O) groups is 1. The monoisotopic (exact) mass is 431 g/mol. The van der Waals surface area contributed by atoms with Crippen molar-refractivity contribution in [1.82, 2.24) is 0 Å². The maximum Gasteiger partial charge on any atom is 0.363 e. The van der Waals surface area contributed by atoms with Gasteiger partial charge in [0.05, 0.1) is 6.61 Å². The van der Waals surface area contributed by atoms with Crippen LogP contribution >= 0.6 is 0 Å². The number of cyclic esters (lactones) is 1. The molecule has 1 heterocycles. The molecule has 3 aromatic rings. The molecular formula is C26H22FNO4. The lowest BCUT2D eigenvalue weighted by Crippen LogP contribution is -2.06. The van der Waals surface area contributed by atoms with Gasteiger partial charge in [-0.1, -0.05) is 36.4 Å². The van der Waals surface area contributed by atoms with Crippen LogP contribution in [0.4, 0.5) is 4.39 Å². The molecule has 3 aromatic carbocycles. The van der Waals surface area contributed by atoms with Crippen LogP contribution in [0.25, 0.3) is 6.08 Å². The van der Waals surface area contributed by atoms with E-state index >= 15 is 0 Å². The summed E-state index contributed by atoms with van der Waals surface area (Å²) in [4.78, 5) is 16.7. The Kier molecular flexibility index (Phi) is 6.31. The van der Waals surface area contributed by atoms with Gasteiger partial charge in [-0.2, -0.15) is 0 Å². The van der Waals surface area contributed by atoms with E-state index in [1.54, 1.807) is 36.4 Å². The second kappa shape index (κ2) is 9.47. The standard InChI is InChI=1S/C26H22FNO4/c1-3-30-24-15-18(11-12-23(24)31-16-19-8-6-9-20(27)13-19)14-22-26(29)32-25(28-22)21-10-5-4-7-17(21)2/h4-15H,3,16H2,1-2H3/b22-14-. The molecule has 0 atom stereocenters. The summed E-state index contributed by atoms with van der Waals surface area (Å²) in [6.07, 6.45) is 1.65. The lowest BCUT2D eigenvalue weighted by molar-refractivity contribution is -0.129. The van der Waals surface area contributed by atoms with Gasteiger partial charge < -0.3 is 14.2 Å². The SMILES string of the molecule is CCOc1cc(/C=C2\N=C(c3ccccc3C)OC2=O)ccc1OCc1cccc(F)c1. The Labute approximate surface area is 185 Å². The van der Waals surface area contributed by atoms with Crippen molar-refractivity contribution in [2.45, 2.75) is 20.5 Å². The Morgan fingerprint density at radius 2 is 1.84 bits per heavy atom. The third kappa shape index (κ3) is 4.86. The fourth-order valence-electron chi connectivity index (χ4n) is 3.28. The molecular weight excluding hydrogens is 409 g/mol. The first-order valence-corrected chi connectivity index (χ1v) is 10.3. The number of aryl methyl sites for hydroxylation is 1. The molecule has 0 spiro atoms. The molecule has 0 unspecified atom stereocenters. The molecule has 1 aliphatic heterocycles. The molecule has 0 radical (unpaired) electrons. The lowest BCUT2D eigenvalue weighted by atomic mass is 10.1. The van der Waals surface area contributed by atoms with Crippen molar-refractivity contribution in [3.63, 3.8) is 0 Å². The lowest BCUT2D eigenvalue weighted by Gasteiger charge is -2.13. The van der Waals surface area contributed by atoms with Gasteiger partial charge in [0.1, 0.15) is 12.4 Å². The Bertz CT molecular complexity index is 1220. The highest BCUT2D eigenvalue weighted by molar-refractivity contribution is 6.13. The maximum atomic E-state index is 13.4. The minimum atomic E-state index is -0.507. The minimum absolute atomic E-state index is 0.203. The highest BCUT2D eigenvalue weighted by Crippen LogP contribution is 2.31. The molecule has 0 aliphatic carbocycles. The summed E-state index contributed by atoms with van der Waals surface area (Å²) in [6.45, 7) is 4.45. The van der Waals surface area contributed by atoms with Gasteiger partial charge in [-0.15, -0.1) is 0 Å². The van der Waals surface area contributed by atoms with Crippen LogP contribution in [0.1, 0.15) is 29.2 Å². The van der Waals surface area contributed by atoms with Gasteiger partial charge in [0, 0.05) is 5.56 Å². The largest absolute Gasteiger partial charge is 0.490 e. The molecule has 0 bridgehead atoms. The summed E-state index contributed by atoms with van der Waals surface area (Å²) in [5.41, 5.74) is 3.39. The second-order valence-electron chi connectivity index (χ2n) is 7.21.